The number of hydrogen-bond acceptors (Lipinski definition) is 5. The highest BCUT2D eigenvalue weighted by Gasteiger charge is 2.28. The normalized spacial score (nSPS) is 11.2. The van der Waals surface area contributed by atoms with Crippen molar-refractivity contribution in [3.05, 3.63) is 77.9 Å². The molecule has 0 saturated carbocycles. The number of benzene rings is 3. The molecule has 1 amide bonds. The zero-order valence-electron chi connectivity index (χ0n) is 20.0. The summed E-state index contributed by atoms with van der Waals surface area (Å²) in [6.45, 7) is 5.52. The van der Waals surface area contributed by atoms with E-state index >= 15 is 0 Å². The molecule has 0 bridgehead atoms. The topological polar surface area (TPSA) is 84.9 Å². The lowest BCUT2D eigenvalue weighted by atomic mass is 10.0. The summed E-state index contributed by atoms with van der Waals surface area (Å²) in [6, 6.07) is 18.7. The number of carbonyl (C=O) groups excluding carboxylic acids is 1. The van der Waals surface area contributed by atoms with Crippen LogP contribution in [0.3, 0.4) is 0 Å². The number of ether oxygens (including phenoxy) is 2. The fourth-order valence-corrected chi connectivity index (χ4v) is 4.98. The van der Waals surface area contributed by atoms with Gasteiger partial charge in [-0.3, -0.25) is 9.10 Å². The standard InChI is InChI=1S/C26H30N2O5S/c1-18(2)22-8-6-7-9-23(22)27-26(29)17-28(20-12-15-24(32-4)25(16-20)33-5)34(30,31)21-13-10-19(3)11-14-21/h6-16,18H,17H2,1-5H3,(H,27,29). The zero-order chi connectivity index (χ0) is 24.9. The van der Waals surface area contributed by atoms with Gasteiger partial charge in [-0.25, -0.2) is 8.42 Å². The smallest absolute Gasteiger partial charge is 0.264 e. The minimum Gasteiger partial charge on any atom is -0.493 e. The van der Waals surface area contributed by atoms with E-state index in [-0.39, 0.29) is 16.5 Å². The molecule has 0 unspecified atom stereocenters. The molecule has 7 nitrogen and oxygen atoms in total. The molecule has 0 aliphatic carbocycles. The molecule has 34 heavy (non-hydrogen) atoms. The van der Waals surface area contributed by atoms with Gasteiger partial charge < -0.3 is 14.8 Å². The van der Waals surface area contributed by atoms with Crippen molar-refractivity contribution < 1.29 is 22.7 Å². The van der Waals surface area contributed by atoms with Gasteiger partial charge in [-0.2, -0.15) is 0 Å². The highest BCUT2D eigenvalue weighted by atomic mass is 32.2. The molecule has 0 heterocycles. The Morgan fingerprint density at radius 3 is 2.21 bits per heavy atom. The molecule has 0 atom stereocenters. The highest BCUT2D eigenvalue weighted by Crippen LogP contribution is 2.34. The van der Waals surface area contributed by atoms with E-state index in [1.54, 1.807) is 30.3 Å². The second-order valence-electron chi connectivity index (χ2n) is 8.15. The maximum Gasteiger partial charge on any atom is 0.264 e. The number of rotatable bonds is 9. The number of methoxy groups -OCH3 is 2. The van der Waals surface area contributed by atoms with Crippen LogP contribution in [0.5, 0.6) is 11.5 Å². The van der Waals surface area contributed by atoms with Gasteiger partial charge in [-0.05, 0) is 48.7 Å². The first-order valence-electron chi connectivity index (χ1n) is 10.9. The fraction of sp³-hybridized carbons (Fsp3) is 0.269. The first-order valence-corrected chi connectivity index (χ1v) is 12.3. The molecule has 0 aromatic heterocycles. The Labute approximate surface area is 201 Å². The molecule has 0 saturated heterocycles. The van der Waals surface area contributed by atoms with Crippen molar-refractivity contribution in [2.45, 2.75) is 31.6 Å². The van der Waals surface area contributed by atoms with Crippen molar-refractivity contribution in [1.82, 2.24) is 0 Å². The van der Waals surface area contributed by atoms with Gasteiger partial charge in [-0.1, -0.05) is 49.7 Å². The van der Waals surface area contributed by atoms with Gasteiger partial charge in [-0.15, -0.1) is 0 Å². The predicted molar refractivity (Wildman–Crippen MR) is 134 cm³/mol. The van der Waals surface area contributed by atoms with Crippen LogP contribution in [0.4, 0.5) is 11.4 Å². The van der Waals surface area contributed by atoms with E-state index in [4.69, 9.17) is 9.47 Å². The molecule has 3 rings (SSSR count). The van der Waals surface area contributed by atoms with E-state index in [0.717, 1.165) is 15.4 Å². The molecular weight excluding hydrogens is 452 g/mol. The molecule has 1 N–H and O–H groups in total. The van der Waals surface area contributed by atoms with Crippen LogP contribution in [0.1, 0.15) is 30.9 Å². The number of carbonyl (C=O) groups is 1. The number of para-hydroxylation sites is 1. The number of hydrogen-bond donors (Lipinski definition) is 1. The average molecular weight is 483 g/mol. The fourth-order valence-electron chi connectivity index (χ4n) is 3.57. The lowest BCUT2D eigenvalue weighted by Gasteiger charge is -2.25. The summed E-state index contributed by atoms with van der Waals surface area (Å²) in [5.41, 5.74) is 2.84. The third-order valence-corrected chi connectivity index (χ3v) is 7.20. The summed E-state index contributed by atoms with van der Waals surface area (Å²) in [5.74, 6) is 0.539. The van der Waals surface area contributed by atoms with E-state index in [1.807, 2.05) is 45.0 Å². The summed E-state index contributed by atoms with van der Waals surface area (Å²) in [5, 5.41) is 2.87. The Balaban J connectivity index is 2.02. The summed E-state index contributed by atoms with van der Waals surface area (Å²) >= 11 is 0. The number of nitrogens with one attached hydrogen (secondary N) is 1. The van der Waals surface area contributed by atoms with Crippen molar-refractivity contribution >= 4 is 27.3 Å². The summed E-state index contributed by atoms with van der Waals surface area (Å²) in [6.07, 6.45) is 0. The molecule has 3 aromatic carbocycles. The Bertz CT molecular complexity index is 1250. The Morgan fingerprint density at radius 2 is 1.59 bits per heavy atom. The lowest BCUT2D eigenvalue weighted by molar-refractivity contribution is -0.114. The molecule has 0 aliphatic heterocycles. The van der Waals surface area contributed by atoms with E-state index in [1.165, 1.54) is 26.4 Å². The van der Waals surface area contributed by atoms with Crippen molar-refractivity contribution in [2.24, 2.45) is 0 Å². The summed E-state index contributed by atoms with van der Waals surface area (Å²) in [4.78, 5) is 13.2. The van der Waals surface area contributed by atoms with Gasteiger partial charge in [0.05, 0.1) is 24.8 Å². The van der Waals surface area contributed by atoms with Crippen molar-refractivity contribution in [3.8, 4) is 11.5 Å². The zero-order valence-corrected chi connectivity index (χ0v) is 20.8. The first kappa shape index (κ1) is 25.1. The van der Waals surface area contributed by atoms with Gasteiger partial charge in [0.2, 0.25) is 5.91 Å². The lowest BCUT2D eigenvalue weighted by Crippen LogP contribution is -2.38. The molecule has 0 aliphatic rings. The predicted octanol–water partition coefficient (Wildman–Crippen LogP) is 4.97. The van der Waals surface area contributed by atoms with Crippen molar-refractivity contribution in [2.75, 3.05) is 30.4 Å². The SMILES string of the molecule is COc1ccc(N(CC(=O)Nc2ccccc2C(C)C)S(=O)(=O)c2ccc(C)cc2)cc1OC. The van der Waals surface area contributed by atoms with Gasteiger partial charge in [0.25, 0.3) is 10.0 Å². The molecular formula is C26H30N2O5S. The van der Waals surface area contributed by atoms with Crippen LogP contribution in [0.2, 0.25) is 0 Å². The molecule has 180 valence electrons. The van der Waals surface area contributed by atoms with Gasteiger partial charge >= 0.3 is 0 Å². The van der Waals surface area contributed by atoms with E-state index in [9.17, 15) is 13.2 Å². The Morgan fingerprint density at radius 1 is 0.941 bits per heavy atom. The largest absolute Gasteiger partial charge is 0.493 e. The van der Waals surface area contributed by atoms with E-state index in [2.05, 4.69) is 5.32 Å². The van der Waals surface area contributed by atoms with Crippen LogP contribution < -0.4 is 19.1 Å². The molecule has 8 heteroatoms. The van der Waals surface area contributed by atoms with Crippen LogP contribution in [0, 0.1) is 6.92 Å². The average Bonchev–Trinajstić information content (AvgIpc) is 2.82. The van der Waals surface area contributed by atoms with Crippen LogP contribution in [-0.4, -0.2) is 35.1 Å². The number of anilines is 2. The maximum atomic E-state index is 13.6. The molecule has 3 aromatic rings. The van der Waals surface area contributed by atoms with Crippen LogP contribution >= 0.6 is 0 Å². The van der Waals surface area contributed by atoms with Gasteiger partial charge in [0, 0.05) is 11.8 Å². The minimum atomic E-state index is -4.05. The van der Waals surface area contributed by atoms with Crippen LogP contribution in [-0.2, 0) is 14.8 Å². The third kappa shape index (κ3) is 5.51. The van der Waals surface area contributed by atoms with Crippen molar-refractivity contribution in [1.29, 1.82) is 0 Å². The number of amides is 1. The maximum absolute atomic E-state index is 13.6. The second kappa shape index (κ2) is 10.6. The van der Waals surface area contributed by atoms with Crippen molar-refractivity contribution in [3.63, 3.8) is 0 Å². The summed E-state index contributed by atoms with van der Waals surface area (Å²) in [7, 11) is -1.09. The van der Waals surface area contributed by atoms with Gasteiger partial charge in [0.1, 0.15) is 6.54 Å². The van der Waals surface area contributed by atoms with Crippen LogP contribution in [0.25, 0.3) is 0 Å². The second-order valence-corrected chi connectivity index (χ2v) is 10.0. The van der Waals surface area contributed by atoms with E-state index in [0.29, 0.717) is 17.2 Å². The minimum absolute atomic E-state index is 0.0864. The monoisotopic (exact) mass is 482 g/mol. The number of aryl methyl sites for hydroxylation is 1. The number of nitrogens with zero attached hydrogens (tertiary/aromatic N) is 1. The summed E-state index contributed by atoms with van der Waals surface area (Å²) < 4.78 is 39.0. The Hall–Kier alpha value is -3.52. The molecule has 0 fully saturated rings. The molecule has 0 radical (unpaired) electrons. The first-order chi connectivity index (χ1) is 16.2. The molecule has 0 spiro atoms. The Kier molecular flexibility index (Phi) is 7.83. The van der Waals surface area contributed by atoms with E-state index < -0.39 is 22.5 Å². The van der Waals surface area contributed by atoms with Gasteiger partial charge in [0.15, 0.2) is 11.5 Å². The third-order valence-electron chi connectivity index (χ3n) is 5.41. The van der Waals surface area contributed by atoms with Crippen LogP contribution in [0.15, 0.2) is 71.6 Å². The quantitative estimate of drug-likeness (QED) is 0.465. The highest BCUT2D eigenvalue weighted by molar-refractivity contribution is 7.92. The number of sulfonamides is 1.